The smallest absolute Gasteiger partial charge is 0.00670 e. The zero-order valence-corrected chi connectivity index (χ0v) is 9.27. The molecule has 0 unspecified atom stereocenters. The molecule has 1 aliphatic rings. The third kappa shape index (κ3) is 4.31. The van der Waals surface area contributed by atoms with Crippen molar-refractivity contribution in [2.45, 2.75) is 44.6 Å². The molecule has 0 aromatic rings. The van der Waals surface area contributed by atoms with Crippen molar-refractivity contribution in [3.8, 4) is 0 Å². The molecule has 0 atom stereocenters. The number of hydrogen-bond acceptors (Lipinski definition) is 1. The highest BCUT2D eigenvalue weighted by Crippen LogP contribution is 2.17. The Hall–Kier alpha value is 0.690. The molecule has 0 aromatic carbocycles. The predicted molar refractivity (Wildman–Crippen MR) is 58.4 cm³/mol. The third-order valence-corrected chi connectivity index (χ3v) is 3.11. The van der Waals surface area contributed by atoms with E-state index in [2.05, 4.69) is 27.9 Å². The molecule has 0 amide bonds. The normalized spacial score (nSPS) is 19.4. The van der Waals surface area contributed by atoms with Gasteiger partial charge in [0.1, 0.15) is 0 Å². The van der Waals surface area contributed by atoms with Gasteiger partial charge in [-0.25, -0.2) is 0 Å². The Morgan fingerprint density at radius 1 is 1.18 bits per heavy atom. The van der Waals surface area contributed by atoms with Crippen molar-refractivity contribution < 1.29 is 0 Å². The van der Waals surface area contributed by atoms with Crippen LogP contribution in [0.3, 0.4) is 0 Å². The second-order valence-electron chi connectivity index (χ2n) is 3.33. The molecule has 0 aromatic heterocycles. The van der Waals surface area contributed by atoms with Crippen LogP contribution in [0.4, 0.5) is 0 Å². The van der Waals surface area contributed by atoms with E-state index in [1.807, 2.05) is 0 Å². The summed E-state index contributed by atoms with van der Waals surface area (Å²) < 4.78 is 1.31. The van der Waals surface area contributed by atoms with Crippen LogP contribution >= 0.6 is 22.6 Å². The summed E-state index contributed by atoms with van der Waals surface area (Å²) in [6, 6.07) is 0.865. The topological polar surface area (TPSA) is 12.0 Å². The third-order valence-electron chi connectivity index (χ3n) is 2.35. The lowest BCUT2D eigenvalue weighted by molar-refractivity contribution is 0.514. The fraction of sp³-hybridized carbons (Fsp3) is 1.00. The summed E-state index contributed by atoms with van der Waals surface area (Å²) in [7, 11) is 0. The lowest BCUT2D eigenvalue weighted by Gasteiger charge is -2.10. The van der Waals surface area contributed by atoms with E-state index in [1.54, 1.807) is 0 Å². The Labute approximate surface area is 83.5 Å². The first-order valence-corrected chi connectivity index (χ1v) is 6.25. The number of alkyl halides is 1. The number of unbranched alkanes of at least 4 members (excludes halogenated alkanes) is 1. The van der Waals surface area contributed by atoms with Crippen LogP contribution in [0.2, 0.25) is 0 Å². The van der Waals surface area contributed by atoms with Gasteiger partial charge in [-0.15, -0.1) is 0 Å². The standard InChI is InChI=1S/C9H18IN/c10-7-3-4-8-11-9-5-1-2-6-9/h9,11H,1-8H2. The molecule has 0 spiro atoms. The van der Waals surface area contributed by atoms with Crippen molar-refractivity contribution in [1.29, 1.82) is 0 Å². The van der Waals surface area contributed by atoms with Crippen molar-refractivity contribution in [3.63, 3.8) is 0 Å². The van der Waals surface area contributed by atoms with Gasteiger partial charge in [0, 0.05) is 6.04 Å². The van der Waals surface area contributed by atoms with E-state index in [0.29, 0.717) is 0 Å². The minimum Gasteiger partial charge on any atom is -0.314 e. The van der Waals surface area contributed by atoms with Gasteiger partial charge in [0.25, 0.3) is 0 Å². The number of rotatable bonds is 5. The Kier molecular flexibility index (Phi) is 5.54. The molecule has 0 saturated heterocycles. The molecular formula is C9H18IN. The fourth-order valence-electron chi connectivity index (χ4n) is 1.66. The van der Waals surface area contributed by atoms with Crippen LogP contribution in [0.5, 0.6) is 0 Å². The zero-order chi connectivity index (χ0) is 7.94. The molecule has 1 nitrogen and oxygen atoms in total. The van der Waals surface area contributed by atoms with Crippen LogP contribution in [-0.4, -0.2) is 17.0 Å². The fourth-order valence-corrected chi connectivity index (χ4v) is 2.19. The van der Waals surface area contributed by atoms with Crippen molar-refractivity contribution in [2.75, 3.05) is 11.0 Å². The van der Waals surface area contributed by atoms with Gasteiger partial charge in [-0.2, -0.15) is 0 Å². The number of hydrogen-bond donors (Lipinski definition) is 1. The summed E-state index contributed by atoms with van der Waals surface area (Å²) in [6.45, 7) is 1.24. The largest absolute Gasteiger partial charge is 0.314 e. The first kappa shape index (κ1) is 9.78. The minimum absolute atomic E-state index is 0.865. The molecule has 0 radical (unpaired) electrons. The summed E-state index contributed by atoms with van der Waals surface area (Å²) in [5.41, 5.74) is 0. The summed E-state index contributed by atoms with van der Waals surface area (Å²) >= 11 is 2.45. The van der Waals surface area contributed by atoms with Crippen LogP contribution in [0.1, 0.15) is 38.5 Å². The molecule has 0 bridgehead atoms. The average Bonchev–Trinajstić information content (AvgIpc) is 2.50. The highest BCUT2D eigenvalue weighted by molar-refractivity contribution is 14.1. The van der Waals surface area contributed by atoms with Crippen LogP contribution in [0.15, 0.2) is 0 Å². The second kappa shape index (κ2) is 6.23. The van der Waals surface area contributed by atoms with Gasteiger partial charge < -0.3 is 5.32 Å². The maximum atomic E-state index is 3.61. The average molecular weight is 267 g/mol. The summed E-state index contributed by atoms with van der Waals surface area (Å²) in [5, 5.41) is 3.61. The molecule has 2 heteroatoms. The van der Waals surface area contributed by atoms with Gasteiger partial charge in [-0.05, 0) is 36.7 Å². The van der Waals surface area contributed by atoms with Gasteiger partial charge in [-0.1, -0.05) is 35.4 Å². The minimum atomic E-state index is 0.865. The summed E-state index contributed by atoms with van der Waals surface area (Å²) in [5.74, 6) is 0. The van der Waals surface area contributed by atoms with Crippen molar-refractivity contribution in [3.05, 3.63) is 0 Å². The van der Waals surface area contributed by atoms with E-state index < -0.39 is 0 Å². The van der Waals surface area contributed by atoms with Gasteiger partial charge in [0.05, 0.1) is 0 Å². The Bertz CT molecular complexity index is 89.6. The van der Waals surface area contributed by atoms with E-state index in [0.717, 1.165) is 6.04 Å². The van der Waals surface area contributed by atoms with Crippen molar-refractivity contribution >= 4 is 22.6 Å². The Balaban J connectivity index is 1.86. The van der Waals surface area contributed by atoms with E-state index >= 15 is 0 Å². The summed E-state index contributed by atoms with van der Waals surface area (Å²) in [4.78, 5) is 0. The number of halogens is 1. The Morgan fingerprint density at radius 3 is 2.55 bits per heavy atom. The van der Waals surface area contributed by atoms with Crippen LogP contribution in [-0.2, 0) is 0 Å². The maximum Gasteiger partial charge on any atom is 0.00670 e. The quantitative estimate of drug-likeness (QED) is 0.459. The lowest BCUT2D eigenvalue weighted by atomic mass is 10.2. The lowest BCUT2D eigenvalue weighted by Crippen LogP contribution is -2.26. The van der Waals surface area contributed by atoms with E-state index in [1.165, 1.54) is 49.5 Å². The highest BCUT2D eigenvalue weighted by Gasteiger charge is 2.12. The van der Waals surface area contributed by atoms with E-state index in [9.17, 15) is 0 Å². The van der Waals surface area contributed by atoms with Gasteiger partial charge in [0.15, 0.2) is 0 Å². The molecule has 11 heavy (non-hydrogen) atoms. The predicted octanol–water partition coefficient (Wildman–Crippen LogP) is 2.73. The molecular weight excluding hydrogens is 249 g/mol. The van der Waals surface area contributed by atoms with Crippen molar-refractivity contribution in [1.82, 2.24) is 5.32 Å². The molecule has 1 rings (SSSR count). The first-order valence-electron chi connectivity index (χ1n) is 4.73. The molecule has 66 valence electrons. The highest BCUT2D eigenvalue weighted by atomic mass is 127. The molecule has 1 fully saturated rings. The monoisotopic (exact) mass is 267 g/mol. The molecule has 0 heterocycles. The molecule has 1 N–H and O–H groups in total. The zero-order valence-electron chi connectivity index (χ0n) is 7.11. The molecule has 1 aliphatic carbocycles. The maximum absolute atomic E-state index is 3.61. The second-order valence-corrected chi connectivity index (χ2v) is 4.41. The molecule has 1 saturated carbocycles. The van der Waals surface area contributed by atoms with Gasteiger partial charge in [0.2, 0.25) is 0 Å². The van der Waals surface area contributed by atoms with Crippen LogP contribution in [0.25, 0.3) is 0 Å². The first-order chi connectivity index (χ1) is 5.43. The van der Waals surface area contributed by atoms with Crippen LogP contribution in [0, 0.1) is 0 Å². The summed E-state index contributed by atoms with van der Waals surface area (Å²) in [6.07, 6.45) is 8.47. The SMILES string of the molecule is ICCCCNC1CCCC1. The van der Waals surface area contributed by atoms with Gasteiger partial charge in [-0.3, -0.25) is 0 Å². The number of nitrogens with one attached hydrogen (secondary N) is 1. The molecule has 0 aliphatic heterocycles. The van der Waals surface area contributed by atoms with Gasteiger partial charge >= 0.3 is 0 Å². The van der Waals surface area contributed by atoms with E-state index in [4.69, 9.17) is 0 Å². The van der Waals surface area contributed by atoms with Crippen LogP contribution < -0.4 is 5.32 Å². The van der Waals surface area contributed by atoms with E-state index in [-0.39, 0.29) is 0 Å². The Morgan fingerprint density at radius 2 is 1.91 bits per heavy atom. The van der Waals surface area contributed by atoms with Crippen molar-refractivity contribution in [2.24, 2.45) is 0 Å².